The number of phenolic OH excluding ortho intramolecular Hbond substituents is 1. The number of non-ortho nitro benzene ring substituents is 1. The minimum atomic E-state index is -1.02. The monoisotopic (exact) mass is 416 g/mol. The fraction of sp³-hybridized carbons (Fsp3) is 0.211. The van der Waals surface area contributed by atoms with Crippen molar-refractivity contribution in [3.05, 3.63) is 57.6 Å². The van der Waals surface area contributed by atoms with Crippen molar-refractivity contribution in [2.75, 3.05) is 20.8 Å². The van der Waals surface area contributed by atoms with Crippen molar-refractivity contribution in [1.29, 1.82) is 0 Å². The summed E-state index contributed by atoms with van der Waals surface area (Å²) in [7, 11) is 3.04. The van der Waals surface area contributed by atoms with Gasteiger partial charge in [-0.15, -0.1) is 0 Å². The van der Waals surface area contributed by atoms with Gasteiger partial charge in [0.15, 0.2) is 11.5 Å². The normalized spacial score (nSPS) is 10.5. The van der Waals surface area contributed by atoms with Gasteiger partial charge < -0.3 is 19.9 Å². The smallest absolute Gasteiger partial charge is 0.329 e. The van der Waals surface area contributed by atoms with Gasteiger partial charge in [-0.05, 0) is 30.2 Å². The van der Waals surface area contributed by atoms with E-state index in [1.54, 1.807) is 12.1 Å². The summed E-state index contributed by atoms with van der Waals surface area (Å²) in [6, 6.07) is 8.64. The van der Waals surface area contributed by atoms with Crippen LogP contribution in [0.4, 0.5) is 5.69 Å². The summed E-state index contributed by atoms with van der Waals surface area (Å²) < 4.78 is 10.4. The van der Waals surface area contributed by atoms with Gasteiger partial charge in [0.2, 0.25) is 0 Å². The van der Waals surface area contributed by atoms with Crippen LogP contribution in [0.25, 0.3) is 0 Å². The number of carbonyl (C=O) groups is 2. The second kappa shape index (κ2) is 10.4. The largest absolute Gasteiger partial charge is 0.507 e. The molecule has 0 aliphatic carbocycles. The number of nitrogens with zero attached hydrogens (tertiary/aromatic N) is 2. The molecule has 2 aromatic rings. The Morgan fingerprint density at radius 1 is 1.13 bits per heavy atom. The standard InChI is InChI=1S/C19H20N4O7/c1-29-16-6-3-12(9-17(16)30-2)7-8-20-18(25)19(26)22-21-11-13-10-14(23(27)28)4-5-15(13)24/h3-6,9-11,24H,7-8H2,1-2H3,(H,20,25)(H,22,26)/b21-11-. The highest BCUT2D eigenvalue weighted by molar-refractivity contribution is 6.35. The molecule has 0 fully saturated rings. The Labute approximate surface area is 171 Å². The maximum Gasteiger partial charge on any atom is 0.329 e. The van der Waals surface area contributed by atoms with E-state index in [0.717, 1.165) is 30.0 Å². The number of hydrogen-bond donors (Lipinski definition) is 3. The van der Waals surface area contributed by atoms with Crippen LogP contribution in [0, 0.1) is 10.1 Å². The third kappa shape index (κ3) is 5.92. The maximum atomic E-state index is 11.8. The summed E-state index contributed by atoms with van der Waals surface area (Å²) in [5, 5.41) is 26.4. The molecule has 0 spiro atoms. The average Bonchev–Trinajstić information content (AvgIpc) is 2.74. The Morgan fingerprint density at radius 2 is 1.87 bits per heavy atom. The molecule has 2 rings (SSSR count). The van der Waals surface area contributed by atoms with Gasteiger partial charge in [-0.2, -0.15) is 5.10 Å². The van der Waals surface area contributed by atoms with Crippen LogP contribution in [0.1, 0.15) is 11.1 Å². The molecule has 0 aliphatic rings. The molecule has 0 aliphatic heterocycles. The molecule has 11 heteroatoms. The van der Waals surface area contributed by atoms with E-state index in [-0.39, 0.29) is 23.5 Å². The van der Waals surface area contributed by atoms with Crippen molar-refractivity contribution in [2.45, 2.75) is 6.42 Å². The zero-order valence-corrected chi connectivity index (χ0v) is 16.2. The molecule has 0 saturated heterocycles. The highest BCUT2D eigenvalue weighted by Crippen LogP contribution is 2.27. The molecule has 158 valence electrons. The van der Waals surface area contributed by atoms with E-state index in [1.165, 1.54) is 14.2 Å². The van der Waals surface area contributed by atoms with Gasteiger partial charge in [0.25, 0.3) is 5.69 Å². The Kier molecular flexibility index (Phi) is 7.68. The molecule has 3 N–H and O–H groups in total. The lowest BCUT2D eigenvalue weighted by Gasteiger charge is -2.10. The first-order valence-electron chi connectivity index (χ1n) is 8.65. The number of benzene rings is 2. The molecule has 0 bridgehead atoms. The molecule has 11 nitrogen and oxygen atoms in total. The van der Waals surface area contributed by atoms with Crippen molar-refractivity contribution in [3.63, 3.8) is 0 Å². The molecule has 0 saturated carbocycles. The number of carbonyl (C=O) groups excluding carboxylic acids is 2. The molecular formula is C19H20N4O7. The number of nitrogens with one attached hydrogen (secondary N) is 2. The van der Waals surface area contributed by atoms with E-state index in [1.807, 2.05) is 11.5 Å². The van der Waals surface area contributed by atoms with Crippen LogP contribution in [0.5, 0.6) is 17.2 Å². The highest BCUT2D eigenvalue weighted by atomic mass is 16.6. The maximum absolute atomic E-state index is 11.8. The van der Waals surface area contributed by atoms with E-state index >= 15 is 0 Å². The van der Waals surface area contributed by atoms with Gasteiger partial charge in [-0.1, -0.05) is 6.07 Å². The number of hydrogen-bond acceptors (Lipinski definition) is 8. The van der Waals surface area contributed by atoms with Crippen LogP contribution >= 0.6 is 0 Å². The molecule has 2 aromatic carbocycles. The van der Waals surface area contributed by atoms with E-state index in [0.29, 0.717) is 17.9 Å². The predicted octanol–water partition coefficient (Wildman–Crippen LogP) is 1.13. The number of hydrazone groups is 1. The summed E-state index contributed by atoms with van der Waals surface area (Å²) >= 11 is 0. The van der Waals surface area contributed by atoms with E-state index < -0.39 is 16.7 Å². The van der Waals surface area contributed by atoms with Crippen LogP contribution < -0.4 is 20.2 Å². The average molecular weight is 416 g/mol. The molecule has 0 unspecified atom stereocenters. The van der Waals surface area contributed by atoms with Crippen LogP contribution in [0.3, 0.4) is 0 Å². The third-order valence-corrected chi connectivity index (χ3v) is 3.95. The SMILES string of the molecule is COc1ccc(CCNC(=O)C(=O)N/N=C\c2cc([N+](=O)[O-])ccc2O)cc1OC. The summed E-state index contributed by atoms with van der Waals surface area (Å²) in [4.78, 5) is 33.7. The van der Waals surface area contributed by atoms with Gasteiger partial charge in [0, 0.05) is 24.2 Å². The Bertz CT molecular complexity index is 975. The molecule has 0 atom stereocenters. The summed E-state index contributed by atoms with van der Waals surface area (Å²) in [6.07, 6.45) is 1.45. The molecular weight excluding hydrogens is 396 g/mol. The molecule has 0 heterocycles. The van der Waals surface area contributed by atoms with Crippen molar-refractivity contribution in [1.82, 2.24) is 10.7 Å². The van der Waals surface area contributed by atoms with E-state index in [2.05, 4.69) is 10.4 Å². The highest BCUT2D eigenvalue weighted by Gasteiger charge is 2.13. The lowest BCUT2D eigenvalue weighted by Crippen LogP contribution is -2.38. The predicted molar refractivity (Wildman–Crippen MR) is 107 cm³/mol. The van der Waals surface area contributed by atoms with Crippen LogP contribution in [0.15, 0.2) is 41.5 Å². The summed E-state index contributed by atoms with van der Waals surface area (Å²) in [6.45, 7) is 0.192. The number of amides is 2. The molecule has 30 heavy (non-hydrogen) atoms. The number of nitro benzene ring substituents is 1. The van der Waals surface area contributed by atoms with Gasteiger partial charge >= 0.3 is 11.8 Å². The first kappa shape index (κ1) is 22.1. The molecule has 2 amide bonds. The molecule has 0 radical (unpaired) electrons. The quantitative estimate of drug-likeness (QED) is 0.252. The van der Waals surface area contributed by atoms with Crippen molar-refractivity contribution >= 4 is 23.7 Å². The van der Waals surface area contributed by atoms with E-state index in [4.69, 9.17) is 9.47 Å². The van der Waals surface area contributed by atoms with Gasteiger partial charge in [-0.3, -0.25) is 19.7 Å². The van der Waals surface area contributed by atoms with Crippen LogP contribution in [0.2, 0.25) is 0 Å². The van der Waals surface area contributed by atoms with Gasteiger partial charge in [0.05, 0.1) is 25.4 Å². The summed E-state index contributed by atoms with van der Waals surface area (Å²) in [5.74, 6) is -1.06. The lowest BCUT2D eigenvalue weighted by molar-refractivity contribution is -0.384. The van der Waals surface area contributed by atoms with Gasteiger partial charge in [-0.25, -0.2) is 5.43 Å². The third-order valence-electron chi connectivity index (χ3n) is 3.95. The minimum Gasteiger partial charge on any atom is -0.507 e. The Hall–Kier alpha value is -4.15. The molecule has 0 aromatic heterocycles. The first-order chi connectivity index (χ1) is 14.3. The fourth-order valence-electron chi connectivity index (χ4n) is 2.41. The van der Waals surface area contributed by atoms with Crippen molar-refractivity contribution in [3.8, 4) is 17.2 Å². The number of phenols is 1. The first-order valence-corrected chi connectivity index (χ1v) is 8.65. The second-order valence-corrected chi connectivity index (χ2v) is 5.89. The Balaban J connectivity index is 1.85. The summed E-state index contributed by atoms with van der Waals surface area (Å²) in [5.41, 5.74) is 2.61. The number of ether oxygens (including phenoxy) is 2. The number of rotatable bonds is 8. The van der Waals surface area contributed by atoms with Crippen LogP contribution in [-0.4, -0.2) is 48.8 Å². The lowest BCUT2D eigenvalue weighted by atomic mass is 10.1. The number of aromatic hydroxyl groups is 1. The van der Waals surface area contributed by atoms with Crippen LogP contribution in [-0.2, 0) is 16.0 Å². The zero-order valence-electron chi connectivity index (χ0n) is 16.2. The topological polar surface area (TPSA) is 152 Å². The van der Waals surface area contributed by atoms with Crippen molar-refractivity contribution in [2.24, 2.45) is 5.10 Å². The minimum absolute atomic E-state index is 0.0124. The van der Waals surface area contributed by atoms with Gasteiger partial charge in [0.1, 0.15) is 5.75 Å². The fourth-order valence-corrected chi connectivity index (χ4v) is 2.41. The second-order valence-electron chi connectivity index (χ2n) is 5.89. The van der Waals surface area contributed by atoms with E-state index in [9.17, 15) is 24.8 Å². The zero-order chi connectivity index (χ0) is 22.1. The van der Waals surface area contributed by atoms with Crippen molar-refractivity contribution < 1.29 is 29.1 Å². The number of nitro groups is 1. The Morgan fingerprint density at radius 3 is 2.53 bits per heavy atom. The number of methoxy groups -OCH3 is 2.